The standard InChI is InChI=1S/C61H102O6/c1-4-7-10-13-16-19-22-25-28-30-33-36-39-42-45-48-51-54-60(63)66-57-58(56-65-59(62)53-50-47-44-41-38-35-32-27-24-21-18-15-12-9-6-3)67-61(64)55-52-49-46-43-40-37-34-31-29-26-23-20-17-14-11-8-5-2/h7,9-10,12,16,18-19,21,25-29,32-33,36,58H,4-6,8,11,13-15,17,20,22-24,30-31,34-35,37-57H2,1-3H3/b10-7-,12-9-,19-16-,21-18-,28-25-,29-26-,32-27-,36-33-/t58-/m0/s1. The van der Waals surface area contributed by atoms with Crippen molar-refractivity contribution in [3.05, 3.63) is 97.2 Å². The molecule has 0 aliphatic rings. The second-order valence-electron chi connectivity index (χ2n) is 18.1. The van der Waals surface area contributed by atoms with Crippen LogP contribution in [0.5, 0.6) is 0 Å². The van der Waals surface area contributed by atoms with Crippen LogP contribution < -0.4 is 0 Å². The van der Waals surface area contributed by atoms with E-state index in [9.17, 15) is 14.4 Å². The maximum atomic E-state index is 12.8. The highest BCUT2D eigenvalue weighted by Gasteiger charge is 2.19. The first-order valence-electron chi connectivity index (χ1n) is 27.7. The molecule has 0 aromatic carbocycles. The van der Waals surface area contributed by atoms with Crippen molar-refractivity contribution < 1.29 is 28.6 Å². The summed E-state index contributed by atoms with van der Waals surface area (Å²) in [6.07, 6.45) is 72.5. The predicted octanol–water partition coefficient (Wildman–Crippen LogP) is 18.5. The van der Waals surface area contributed by atoms with E-state index in [1.807, 2.05) is 0 Å². The Balaban J connectivity index is 4.47. The van der Waals surface area contributed by atoms with E-state index in [1.54, 1.807) is 0 Å². The number of rotatable bonds is 49. The molecule has 6 heteroatoms. The van der Waals surface area contributed by atoms with Gasteiger partial charge in [-0.25, -0.2) is 0 Å². The van der Waals surface area contributed by atoms with Crippen LogP contribution in [0, 0.1) is 0 Å². The molecule has 0 rings (SSSR count). The number of hydrogen-bond acceptors (Lipinski definition) is 6. The van der Waals surface area contributed by atoms with Gasteiger partial charge in [-0.15, -0.1) is 0 Å². The lowest BCUT2D eigenvalue weighted by atomic mass is 10.1. The number of allylic oxidation sites excluding steroid dienone is 16. The molecule has 0 aliphatic heterocycles. The average molecular weight is 931 g/mol. The molecule has 0 saturated carbocycles. The molecule has 382 valence electrons. The zero-order valence-corrected chi connectivity index (χ0v) is 43.6. The summed E-state index contributed by atoms with van der Waals surface area (Å²) in [7, 11) is 0. The molecule has 0 radical (unpaired) electrons. The lowest BCUT2D eigenvalue weighted by molar-refractivity contribution is -0.167. The van der Waals surface area contributed by atoms with Gasteiger partial charge in [-0.3, -0.25) is 14.4 Å². The summed E-state index contributed by atoms with van der Waals surface area (Å²) >= 11 is 0. The largest absolute Gasteiger partial charge is 0.462 e. The normalized spacial score (nSPS) is 12.8. The Morgan fingerprint density at radius 3 is 0.925 bits per heavy atom. The zero-order valence-electron chi connectivity index (χ0n) is 43.6. The Morgan fingerprint density at radius 1 is 0.313 bits per heavy atom. The highest BCUT2D eigenvalue weighted by Crippen LogP contribution is 2.14. The van der Waals surface area contributed by atoms with E-state index < -0.39 is 6.10 Å². The number of esters is 3. The van der Waals surface area contributed by atoms with Crippen LogP contribution in [0.4, 0.5) is 0 Å². The SMILES string of the molecule is CC/C=C\C/C=C\C/C=C\C/C=C\CCCCCCC(=O)OC[C@H](COC(=O)CCCCCCC/C=C\C/C=C\C/C=C\CC)OC(=O)CCCCCCCCC/C=C\CCCCCCCC. The summed E-state index contributed by atoms with van der Waals surface area (Å²) in [5.74, 6) is -0.939. The first-order valence-corrected chi connectivity index (χ1v) is 27.7. The summed E-state index contributed by atoms with van der Waals surface area (Å²) in [5.41, 5.74) is 0. The van der Waals surface area contributed by atoms with Gasteiger partial charge in [-0.05, 0) is 116 Å². The molecule has 0 amide bonds. The van der Waals surface area contributed by atoms with Gasteiger partial charge < -0.3 is 14.2 Å². The fourth-order valence-corrected chi connectivity index (χ4v) is 7.44. The zero-order chi connectivity index (χ0) is 48.6. The van der Waals surface area contributed by atoms with E-state index >= 15 is 0 Å². The maximum Gasteiger partial charge on any atom is 0.306 e. The quantitative estimate of drug-likeness (QED) is 0.0262. The monoisotopic (exact) mass is 931 g/mol. The van der Waals surface area contributed by atoms with Gasteiger partial charge in [0.25, 0.3) is 0 Å². The van der Waals surface area contributed by atoms with E-state index in [1.165, 1.54) is 77.0 Å². The molecule has 0 aromatic heterocycles. The molecule has 6 nitrogen and oxygen atoms in total. The van der Waals surface area contributed by atoms with E-state index in [2.05, 4.69) is 118 Å². The minimum absolute atomic E-state index is 0.0969. The van der Waals surface area contributed by atoms with Crippen LogP contribution >= 0.6 is 0 Å². The third-order valence-corrected chi connectivity index (χ3v) is 11.6. The average Bonchev–Trinajstić information content (AvgIpc) is 3.33. The fraction of sp³-hybridized carbons (Fsp3) is 0.689. The molecule has 0 aliphatic carbocycles. The lowest BCUT2D eigenvalue weighted by Crippen LogP contribution is -2.30. The van der Waals surface area contributed by atoms with E-state index in [0.717, 1.165) is 135 Å². The Bertz CT molecular complexity index is 1350. The van der Waals surface area contributed by atoms with E-state index in [-0.39, 0.29) is 31.1 Å². The molecule has 0 spiro atoms. The van der Waals surface area contributed by atoms with Gasteiger partial charge in [0, 0.05) is 19.3 Å². The van der Waals surface area contributed by atoms with Crippen molar-refractivity contribution >= 4 is 17.9 Å². The van der Waals surface area contributed by atoms with Crippen LogP contribution in [-0.2, 0) is 28.6 Å². The van der Waals surface area contributed by atoms with Crippen molar-refractivity contribution in [1.29, 1.82) is 0 Å². The molecule has 0 fully saturated rings. The third-order valence-electron chi connectivity index (χ3n) is 11.6. The van der Waals surface area contributed by atoms with Crippen molar-refractivity contribution in [3.8, 4) is 0 Å². The molecule has 0 unspecified atom stereocenters. The summed E-state index contributed by atoms with van der Waals surface area (Å²) in [6, 6.07) is 0. The van der Waals surface area contributed by atoms with Gasteiger partial charge >= 0.3 is 17.9 Å². The minimum atomic E-state index is -0.798. The molecule has 0 N–H and O–H groups in total. The number of hydrogen-bond donors (Lipinski definition) is 0. The fourth-order valence-electron chi connectivity index (χ4n) is 7.44. The Morgan fingerprint density at radius 2 is 0.582 bits per heavy atom. The highest BCUT2D eigenvalue weighted by molar-refractivity contribution is 5.71. The van der Waals surface area contributed by atoms with Gasteiger partial charge in [0.1, 0.15) is 13.2 Å². The number of carbonyl (C=O) groups is 3. The maximum absolute atomic E-state index is 12.8. The van der Waals surface area contributed by atoms with E-state index in [4.69, 9.17) is 14.2 Å². The summed E-state index contributed by atoms with van der Waals surface area (Å²) < 4.78 is 16.8. The summed E-state index contributed by atoms with van der Waals surface area (Å²) in [5, 5.41) is 0. The van der Waals surface area contributed by atoms with Gasteiger partial charge in [0.2, 0.25) is 0 Å². The van der Waals surface area contributed by atoms with Gasteiger partial charge in [0.05, 0.1) is 0 Å². The highest BCUT2D eigenvalue weighted by atomic mass is 16.6. The van der Waals surface area contributed by atoms with Crippen molar-refractivity contribution in [2.45, 2.75) is 258 Å². The summed E-state index contributed by atoms with van der Waals surface area (Å²) in [6.45, 7) is 6.37. The van der Waals surface area contributed by atoms with Crippen molar-refractivity contribution in [1.82, 2.24) is 0 Å². The van der Waals surface area contributed by atoms with Crippen molar-refractivity contribution in [2.24, 2.45) is 0 Å². The predicted molar refractivity (Wildman–Crippen MR) is 288 cm³/mol. The summed E-state index contributed by atoms with van der Waals surface area (Å²) in [4.78, 5) is 38.1. The second kappa shape index (κ2) is 54.9. The number of carbonyl (C=O) groups excluding carboxylic acids is 3. The van der Waals surface area contributed by atoms with Gasteiger partial charge in [-0.2, -0.15) is 0 Å². The van der Waals surface area contributed by atoms with Crippen LogP contribution in [0.3, 0.4) is 0 Å². The number of unbranched alkanes of at least 4 members (excludes halogenated alkanes) is 22. The smallest absolute Gasteiger partial charge is 0.306 e. The lowest BCUT2D eigenvalue weighted by Gasteiger charge is -2.18. The van der Waals surface area contributed by atoms with Crippen LogP contribution in [0.15, 0.2) is 97.2 Å². The van der Waals surface area contributed by atoms with Crippen LogP contribution in [0.1, 0.15) is 252 Å². The molecular weight excluding hydrogens is 829 g/mol. The molecular formula is C61H102O6. The molecule has 67 heavy (non-hydrogen) atoms. The van der Waals surface area contributed by atoms with E-state index in [0.29, 0.717) is 19.3 Å². The first kappa shape index (κ1) is 63.3. The first-order chi connectivity index (χ1) is 33.0. The topological polar surface area (TPSA) is 78.9 Å². The van der Waals surface area contributed by atoms with Crippen LogP contribution in [-0.4, -0.2) is 37.2 Å². The molecule has 1 atom stereocenters. The third kappa shape index (κ3) is 53.2. The van der Waals surface area contributed by atoms with Crippen LogP contribution in [0.2, 0.25) is 0 Å². The molecule has 0 bridgehead atoms. The van der Waals surface area contributed by atoms with Gasteiger partial charge in [0.15, 0.2) is 6.10 Å². The second-order valence-corrected chi connectivity index (χ2v) is 18.1. The minimum Gasteiger partial charge on any atom is -0.462 e. The van der Waals surface area contributed by atoms with Crippen molar-refractivity contribution in [2.75, 3.05) is 13.2 Å². The van der Waals surface area contributed by atoms with Crippen molar-refractivity contribution in [3.63, 3.8) is 0 Å². The Hall–Kier alpha value is -3.67. The van der Waals surface area contributed by atoms with Crippen LogP contribution in [0.25, 0.3) is 0 Å². The number of ether oxygens (including phenoxy) is 3. The van der Waals surface area contributed by atoms with Gasteiger partial charge in [-0.1, -0.05) is 214 Å². The Labute approximate surface area is 413 Å². The molecule has 0 heterocycles. The molecule has 0 aromatic rings. The Kier molecular flexibility index (Phi) is 51.9. The molecule has 0 saturated heterocycles.